The van der Waals surface area contributed by atoms with E-state index in [0.29, 0.717) is 0 Å². The van der Waals surface area contributed by atoms with Crippen LogP contribution in [0.4, 0.5) is 0 Å². The van der Waals surface area contributed by atoms with Crippen LogP contribution in [0.3, 0.4) is 0 Å². The normalized spacial score (nSPS) is 11.7. The molecule has 9 aromatic carbocycles. The second-order valence-corrected chi connectivity index (χ2v) is 12.9. The minimum absolute atomic E-state index is 0.917. The number of furan rings is 1. The Hall–Kier alpha value is -6.44. The summed E-state index contributed by atoms with van der Waals surface area (Å²) in [6.45, 7) is 0. The summed E-state index contributed by atoms with van der Waals surface area (Å²) in [5.74, 6) is 0. The topological polar surface area (TPSA) is 13.1 Å². The first-order valence-corrected chi connectivity index (χ1v) is 16.8. The molecular formula is C48H30O. The summed E-state index contributed by atoms with van der Waals surface area (Å²) >= 11 is 0. The second-order valence-electron chi connectivity index (χ2n) is 12.9. The highest BCUT2D eigenvalue weighted by Crippen LogP contribution is 2.45. The van der Waals surface area contributed by atoms with E-state index in [1.165, 1.54) is 76.8 Å². The quantitative estimate of drug-likeness (QED) is 0.178. The molecule has 0 unspecified atom stereocenters. The van der Waals surface area contributed by atoms with Crippen LogP contribution in [0, 0.1) is 0 Å². The lowest BCUT2D eigenvalue weighted by molar-refractivity contribution is 0.669. The Balaban J connectivity index is 1.20. The van der Waals surface area contributed by atoms with Crippen LogP contribution in [0.5, 0.6) is 0 Å². The first-order valence-electron chi connectivity index (χ1n) is 16.8. The van der Waals surface area contributed by atoms with Crippen molar-refractivity contribution in [3.8, 4) is 44.5 Å². The average Bonchev–Trinajstić information content (AvgIpc) is 3.55. The Bertz CT molecular complexity index is 2860. The Morgan fingerprint density at radius 1 is 0.245 bits per heavy atom. The molecule has 0 aliphatic rings. The van der Waals surface area contributed by atoms with E-state index in [1.54, 1.807) is 0 Å². The van der Waals surface area contributed by atoms with Gasteiger partial charge in [0.25, 0.3) is 0 Å². The Labute approximate surface area is 284 Å². The van der Waals surface area contributed by atoms with Gasteiger partial charge in [-0.05, 0) is 107 Å². The predicted molar refractivity (Wildman–Crippen MR) is 208 cm³/mol. The van der Waals surface area contributed by atoms with Gasteiger partial charge < -0.3 is 4.42 Å². The molecule has 228 valence electrons. The molecule has 0 saturated heterocycles. The second kappa shape index (κ2) is 11.1. The fourth-order valence-electron chi connectivity index (χ4n) is 7.69. The highest BCUT2D eigenvalue weighted by molar-refractivity contribution is 6.22. The molecule has 49 heavy (non-hydrogen) atoms. The van der Waals surface area contributed by atoms with Crippen LogP contribution < -0.4 is 0 Å². The molecule has 1 heteroatoms. The van der Waals surface area contributed by atoms with Gasteiger partial charge in [-0.1, -0.05) is 152 Å². The number of para-hydroxylation sites is 1. The summed E-state index contributed by atoms with van der Waals surface area (Å²) in [7, 11) is 0. The molecule has 10 rings (SSSR count). The number of hydrogen-bond acceptors (Lipinski definition) is 1. The average molecular weight is 623 g/mol. The van der Waals surface area contributed by atoms with E-state index in [1.807, 2.05) is 12.1 Å². The molecule has 10 aromatic rings. The van der Waals surface area contributed by atoms with Crippen molar-refractivity contribution in [3.05, 3.63) is 182 Å². The van der Waals surface area contributed by atoms with Gasteiger partial charge in [-0.15, -0.1) is 0 Å². The van der Waals surface area contributed by atoms with E-state index < -0.39 is 0 Å². The SMILES string of the molecule is c1ccc(-c2ccc3c(-c4ccc5ccccc5c4)c4ccccc4c(-c4ccc(-c5ccc6oc7ccccc7c6c5)cc4)c3c2)cc1. The number of rotatable bonds is 4. The number of benzene rings is 9. The molecule has 0 spiro atoms. The third-order valence-electron chi connectivity index (χ3n) is 10.1. The van der Waals surface area contributed by atoms with E-state index in [2.05, 4.69) is 170 Å². The Kier molecular flexibility index (Phi) is 6.25. The van der Waals surface area contributed by atoms with Gasteiger partial charge in [0, 0.05) is 10.8 Å². The molecule has 0 bridgehead atoms. The molecule has 0 N–H and O–H groups in total. The molecule has 0 atom stereocenters. The van der Waals surface area contributed by atoms with Crippen molar-refractivity contribution in [3.63, 3.8) is 0 Å². The maximum atomic E-state index is 6.11. The van der Waals surface area contributed by atoms with E-state index in [-0.39, 0.29) is 0 Å². The van der Waals surface area contributed by atoms with Crippen molar-refractivity contribution in [1.82, 2.24) is 0 Å². The van der Waals surface area contributed by atoms with Crippen LogP contribution in [0.15, 0.2) is 186 Å². The van der Waals surface area contributed by atoms with Gasteiger partial charge in [0.1, 0.15) is 11.2 Å². The zero-order chi connectivity index (χ0) is 32.3. The van der Waals surface area contributed by atoms with Crippen LogP contribution in [-0.4, -0.2) is 0 Å². The minimum Gasteiger partial charge on any atom is -0.456 e. The van der Waals surface area contributed by atoms with Crippen LogP contribution in [-0.2, 0) is 0 Å². The standard InChI is InChI=1S/C48H30O/c1-2-10-31(11-3-1)36-24-26-42-44(30-36)47(40-15-6-7-16-41(40)48(42)38-23-20-32-12-4-5-13-35(32)28-38)34-21-18-33(19-22-34)37-25-27-46-43(29-37)39-14-8-9-17-45(39)49-46/h1-30H. The first-order chi connectivity index (χ1) is 24.3. The zero-order valence-electron chi connectivity index (χ0n) is 26.7. The third kappa shape index (κ3) is 4.55. The first kappa shape index (κ1) is 27.7. The molecule has 0 aliphatic carbocycles. The largest absolute Gasteiger partial charge is 0.456 e. The highest BCUT2D eigenvalue weighted by Gasteiger charge is 2.18. The summed E-state index contributed by atoms with van der Waals surface area (Å²) in [6.07, 6.45) is 0. The van der Waals surface area contributed by atoms with Crippen molar-refractivity contribution in [1.29, 1.82) is 0 Å². The molecule has 1 aromatic heterocycles. The lowest BCUT2D eigenvalue weighted by atomic mass is 9.84. The van der Waals surface area contributed by atoms with E-state index >= 15 is 0 Å². The molecular weight excluding hydrogens is 593 g/mol. The van der Waals surface area contributed by atoms with Crippen molar-refractivity contribution in [2.75, 3.05) is 0 Å². The van der Waals surface area contributed by atoms with Crippen molar-refractivity contribution in [2.24, 2.45) is 0 Å². The highest BCUT2D eigenvalue weighted by atomic mass is 16.3. The summed E-state index contributed by atoms with van der Waals surface area (Å²) in [6, 6.07) is 66.0. The maximum Gasteiger partial charge on any atom is 0.135 e. The van der Waals surface area contributed by atoms with E-state index in [0.717, 1.165) is 21.9 Å². The van der Waals surface area contributed by atoms with Crippen molar-refractivity contribution >= 4 is 54.3 Å². The van der Waals surface area contributed by atoms with Gasteiger partial charge in [-0.3, -0.25) is 0 Å². The predicted octanol–water partition coefficient (Wildman–Crippen LogP) is 13.7. The number of hydrogen-bond donors (Lipinski definition) is 0. The lowest BCUT2D eigenvalue weighted by Gasteiger charge is -2.19. The van der Waals surface area contributed by atoms with Crippen molar-refractivity contribution in [2.45, 2.75) is 0 Å². The Morgan fingerprint density at radius 3 is 1.55 bits per heavy atom. The summed E-state index contributed by atoms with van der Waals surface area (Å²) in [5, 5.41) is 9.81. The Morgan fingerprint density at radius 2 is 0.755 bits per heavy atom. The van der Waals surface area contributed by atoms with Gasteiger partial charge in [0.2, 0.25) is 0 Å². The van der Waals surface area contributed by atoms with E-state index in [9.17, 15) is 0 Å². The zero-order valence-corrected chi connectivity index (χ0v) is 26.7. The summed E-state index contributed by atoms with van der Waals surface area (Å²) in [5.41, 5.74) is 11.6. The minimum atomic E-state index is 0.917. The molecule has 1 heterocycles. The monoisotopic (exact) mass is 622 g/mol. The van der Waals surface area contributed by atoms with Crippen LogP contribution in [0.2, 0.25) is 0 Å². The van der Waals surface area contributed by atoms with E-state index in [4.69, 9.17) is 4.42 Å². The van der Waals surface area contributed by atoms with Crippen LogP contribution in [0.25, 0.3) is 98.8 Å². The fourth-order valence-corrected chi connectivity index (χ4v) is 7.69. The van der Waals surface area contributed by atoms with Gasteiger partial charge in [-0.25, -0.2) is 0 Å². The molecule has 1 nitrogen and oxygen atoms in total. The molecule has 0 radical (unpaired) electrons. The van der Waals surface area contributed by atoms with Crippen molar-refractivity contribution < 1.29 is 4.42 Å². The van der Waals surface area contributed by atoms with Gasteiger partial charge in [0.15, 0.2) is 0 Å². The third-order valence-corrected chi connectivity index (χ3v) is 10.1. The maximum absolute atomic E-state index is 6.11. The molecule has 0 fully saturated rings. The van der Waals surface area contributed by atoms with Gasteiger partial charge in [0.05, 0.1) is 0 Å². The smallest absolute Gasteiger partial charge is 0.135 e. The van der Waals surface area contributed by atoms with Crippen LogP contribution in [0.1, 0.15) is 0 Å². The van der Waals surface area contributed by atoms with Gasteiger partial charge >= 0.3 is 0 Å². The number of fused-ring (bicyclic) bond motifs is 6. The fraction of sp³-hybridized carbons (Fsp3) is 0. The van der Waals surface area contributed by atoms with Gasteiger partial charge in [-0.2, -0.15) is 0 Å². The van der Waals surface area contributed by atoms with Crippen LogP contribution >= 0.6 is 0 Å². The summed E-state index contributed by atoms with van der Waals surface area (Å²) in [4.78, 5) is 0. The summed E-state index contributed by atoms with van der Waals surface area (Å²) < 4.78 is 6.11. The lowest BCUT2D eigenvalue weighted by Crippen LogP contribution is -1.92. The molecule has 0 amide bonds. The molecule has 0 aliphatic heterocycles. The molecule has 0 saturated carbocycles.